The first kappa shape index (κ1) is 24.2. The highest BCUT2D eigenvalue weighted by Gasteiger charge is 2.12. The topological polar surface area (TPSA) is 25.8 Å². The van der Waals surface area contributed by atoms with Crippen LogP contribution in [0.2, 0.25) is 0 Å². The van der Waals surface area contributed by atoms with Crippen LogP contribution in [-0.2, 0) is 0 Å². The van der Waals surface area contributed by atoms with Gasteiger partial charge in [-0.1, -0.05) is 146 Å². The summed E-state index contributed by atoms with van der Waals surface area (Å²) in [5.41, 5.74) is 3.96. The smallest absolute Gasteiger partial charge is 0.160 e. The van der Waals surface area contributed by atoms with Gasteiger partial charge >= 0.3 is 0 Å². The van der Waals surface area contributed by atoms with E-state index in [0.29, 0.717) is 0 Å². The van der Waals surface area contributed by atoms with Crippen molar-refractivity contribution in [2.75, 3.05) is 0 Å². The lowest BCUT2D eigenvalue weighted by Crippen LogP contribution is -1.95. The Kier molecular flexibility index (Phi) is 5.82. The highest BCUT2D eigenvalue weighted by Crippen LogP contribution is 2.34. The minimum absolute atomic E-state index is 0.722. The summed E-state index contributed by atoms with van der Waals surface area (Å²) >= 11 is 0. The number of hydrogen-bond donors (Lipinski definition) is 0. The SMILES string of the molecule is c1ccc(-c2nc(-c3ccc4ccc5ccccc5c5ccccc5c5ccccc5c4c3)nc3ccccc23)cc1. The van der Waals surface area contributed by atoms with Gasteiger partial charge in [-0.05, 0) is 55.2 Å². The lowest BCUT2D eigenvalue weighted by molar-refractivity contribution is 1.23. The van der Waals surface area contributed by atoms with Crippen LogP contribution >= 0.6 is 0 Å². The van der Waals surface area contributed by atoms with Gasteiger partial charge in [-0.25, -0.2) is 9.97 Å². The number of aromatic nitrogens is 2. The number of rotatable bonds is 2. The maximum atomic E-state index is 5.16. The van der Waals surface area contributed by atoms with Crippen LogP contribution < -0.4 is 0 Å². The van der Waals surface area contributed by atoms with Crippen LogP contribution in [0.4, 0.5) is 0 Å². The lowest BCUT2D eigenvalue weighted by atomic mass is 9.97. The molecule has 42 heavy (non-hydrogen) atoms. The molecular weight excluding hydrogens is 508 g/mol. The van der Waals surface area contributed by atoms with E-state index in [9.17, 15) is 0 Å². The van der Waals surface area contributed by atoms with E-state index in [-0.39, 0.29) is 0 Å². The van der Waals surface area contributed by atoms with Gasteiger partial charge < -0.3 is 0 Å². The van der Waals surface area contributed by atoms with Crippen molar-refractivity contribution >= 4 is 54.0 Å². The maximum absolute atomic E-state index is 5.16. The normalized spacial score (nSPS) is 11.3. The van der Waals surface area contributed by atoms with Gasteiger partial charge in [0.05, 0.1) is 11.2 Å². The maximum Gasteiger partial charge on any atom is 0.160 e. The second-order valence-corrected chi connectivity index (χ2v) is 10.6. The van der Waals surface area contributed by atoms with E-state index < -0.39 is 0 Å². The van der Waals surface area contributed by atoms with E-state index >= 15 is 0 Å². The molecule has 7 aromatic carbocycles. The fourth-order valence-corrected chi connectivity index (χ4v) is 6.07. The molecule has 0 aliphatic rings. The van der Waals surface area contributed by atoms with Crippen LogP contribution in [0.3, 0.4) is 0 Å². The second kappa shape index (κ2) is 10.1. The number of benzene rings is 6. The molecule has 0 N–H and O–H groups in total. The Bertz CT molecular complexity index is 2360. The average Bonchev–Trinajstić information content (AvgIpc) is 3.07. The molecule has 2 heteroatoms. The van der Waals surface area contributed by atoms with Gasteiger partial charge in [-0.3, -0.25) is 0 Å². The van der Waals surface area contributed by atoms with E-state index in [1.807, 2.05) is 18.2 Å². The third-order valence-corrected chi connectivity index (χ3v) is 8.09. The third kappa shape index (κ3) is 4.13. The highest BCUT2D eigenvalue weighted by atomic mass is 14.9. The van der Waals surface area contributed by atoms with Crippen LogP contribution in [0.1, 0.15) is 0 Å². The Morgan fingerprint density at radius 3 is 1.52 bits per heavy atom. The van der Waals surface area contributed by atoms with Gasteiger partial charge in [0.15, 0.2) is 5.82 Å². The summed E-state index contributed by atoms with van der Waals surface area (Å²) in [5, 5.41) is 10.7. The summed E-state index contributed by atoms with van der Waals surface area (Å²) in [7, 11) is 0. The molecule has 0 spiro atoms. The molecule has 0 bridgehead atoms. The van der Waals surface area contributed by atoms with Crippen LogP contribution in [0.25, 0.3) is 76.6 Å². The Morgan fingerprint density at radius 1 is 0.310 bits per heavy atom. The Labute approximate surface area is 243 Å². The van der Waals surface area contributed by atoms with Gasteiger partial charge in [0, 0.05) is 16.5 Å². The van der Waals surface area contributed by atoms with Crippen molar-refractivity contribution in [1.29, 1.82) is 0 Å². The molecule has 0 amide bonds. The van der Waals surface area contributed by atoms with Gasteiger partial charge in [0.2, 0.25) is 0 Å². The average molecular weight is 535 g/mol. The molecule has 0 unspecified atom stereocenters. The largest absolute Gasteiger partial charge is 0.228 e. The zero-order valence-electron chi connectivity index (χ0n) is 22.9. The zero-order valence-corrected chi connectivity index (χ0v) is 22.9. The summed E-state index contributed by atoms with van der Waals surface area (Å²) in [6.07, 6.45) is 0. The minimum atomic E-state index is 0.722. The van der Waals surface area contributed by atoms with Gasteiger partial charge in [0.25, 0.3) is 0 Å². The van der Waals surface area contributed by atoms with Crippen LogP contribution in [-0.4, -0.2) is 9.97 Å². The summed E-state index contributed by atoms with van der Waals surface area (Å²) in [4.78, 5) is 10.2. The van der Waals surface area contributed by atoms with Crippen molar-refractivity contribution in [2.24, 2.45) is 0 Å². The standard InChI is InChI=1S/C40H26N2/c1-2-13-29(14-3-1)39-36-20-10-11-21-38(36)41-40(42-39)30-25-24-28-23-22-27-12-4-5-15-31(27)32-16-6-7-17-33(32)34-18-8-9-19-35(34)37(28)26-30/h1-26H. The molecule has 1 aromatic heterocycles. The molecule has 196 valence electrons. The lowest BCUT2D eigenvalue weighted by Gasteiger charge is -2.11. The van der Waals surface area contributed by atoms with E-state index in [1.165, 1.54) is 32.3 Å². The molecule has 0 atom stereocenters. The molecule has 2 nitrogen and oxygen atoms in total. The molecular formula is C40H26N2. The fourth-order valence-electron chi connectivity index (χ4n) is 6.07. The quantitative estimate of drug-likeness (QED) is 0.220. The van der Waals surface area contributed by atoms with E-state index in [1.54, 1.807) is 0 Å². The summed E-state index contributed by atoms with van der Waals surface area (Å²) in [6, 6.07) is 55.8. The van der Waals surface area contributed by atoms with E-state index in [2.05, 4.69) is 140 Å². The third-order valence-electron chi connectivity index (χ3n) is 8.09. The Balaban J connectivity index is 1.49. The summed E-state index contributed by atoms with van der Waals surface area (Å²) < 4.78 is 0. The molecule has 0 aliphatic carbocycles. The molecule has 0 saturated carbocycles. The van der Waals surface area contributed by atoms with Gasteiger partial charge in [-0.2, -0.15) is 0 Å². The first-order chi connectivity index (χ1) is 20.8. The van der Waals surface area contributed by atoms with Crippen molar-refractivity contribution < 1.29 is 0 Å². The van der Waals surface area contributed by atoms with Crippen molar-refractivity contribution in [3.63, 3.8) is 0 Å². The van der Waals surface area contributed by atoms with E-state index in [4.69, 9.17) is 9.97 Å². The predicted molar refractivity (Wildman–Crippen MR) is 178 cm³/mol. The van der Waals surface area contributed by atoms with E-state index in [0.717, 1.165) is 44.3 Å². The number of fused-ring (bicyclic) bond motifs is 8. The molecule has 0 aliphatic heterocycles. The monoisotopic (exact) mass is 534 g/mol. The zero-order chi connectivity index (χ0) is 27.9. The number of hydrogen-bond acceptors (Lipinski definition) is 2. The minimum Gasteiger partial charge on any atom is -0.228 e. The van der Waals surface area contributed by atoms with Crippen LogP contribution in [0, 0.1) is 0 Å². The molecule has 0 saturated heterocycles. The molecule has 8 aromatic rings. The van der Waals surface area contributed by atoms with Crippen LogP contribution in [0.5, 0.6) is 0 Å². The highest BCUT2D eigenvalue weighted by molar-refractivity contribution is 6.19. The fraction of sp³-hybridized carbons (Fsp3) is 0. The van der Waals surface area contributed by atoms with Crippen molar-refractivity contribution in [3.05, 3.63) is 158 Å². The van der Waals surface area contributed by atoms with Crippen molar-refractivity contribution in [3.8, 4) is 22.6 Å². The summed E-state index contributed by atoms with van der Waals surface area (Å²) in [6.45, 7) is 0. The molecule has 0 fully saturated rings. The Hall–Kier alpha value is -5.60. The summed E-state index contributed by atoms with van der Waals surface area (Å²) in [5.74, 6) is 0.722. The molecule has 1 heterocycles. The number of para-hydroxylation sites is 1. The Morgan fingerprint density at radius 2 is 0.810 bits per heavy atom. The van der Waals surface area contributed by atoms with Gasteiger partial charge in [-0.15, -0.1) is 0 Å². The first-order valence-corrected chi connectivity index (χ1v) is 14.3. The van der Waals surface area contributed by atoms with Crippen molar-refractivity contribution in [1.82, 2.24) is 9.97 Å². The second-order valence-electron chi connectivity index (χ2n) is 10.6. The van der Waals surface area contributed by atoms with Gasteiger partial charge in [0.1, 0.15) is 0 Å². The predicted octanol–water partition coefficient (Wildman–Crippen LogP) is 10.7. The number of nitrogens with zero attached hydrogens (tertiary/aromatic N) is 2. The molecule has 8 rings (SSSR count). The van der Waals surface area contributed by atoms with Crippen molar-refractivity contribution in [2.45, 2.75) is 0 Å². The van der Waals surface area contributed by atoms with Crippen LogP contribution in [0.15, 0.2) is 158 Å². The first-order valence-electron chi connectivity index (χ1n) is 14.3. The molecule has 0 radical (unpaired) electrons.